The average Bonchev–Trinajstić information content (AvgIpc) is 2.66. The average molecular weight is 177 g/mol. The van der Waals surface area contributed by atoms with Crippen molar-refractivity contribution in [2.24, 2.45) is 0 Å². The molecule has 1 aliphatic rings. The first-order valence-corrected chi connectivity index (χ1v) is 3.87. The number of nitrogens with one attached hydrogen (secondary N) is 1. The number of aromatic amines is 1. The maximum atomic E-state index is 5.75. The van der Waals surface area contributed by atoms with E-state index in [2.05, 4.69) is 10.2 Å². The van der Waals surface area contributed by atoms with E-state index in [-0.39, 0.29) is 6.79 Å². The van der Waals surface area contributed by atoms with Crippen LogP contribution in [0.1, 0.15) is 0 Å². The smallest absolute Gasteiger partial charge is 0.231 e. The Kier molecular flexibility index (Phi) is 1.05. The zero-order valence-electron chi connectivity index (χ0n) is 6.70. The van der Waals surface area contributed by atoms with Gasteiger partial charge >= 0.3 is 0 Å². The first-order valence-electron chi connectivity index (χ1n) is 3.87. The maximum Gasteiger partial charge on any atom is 0.231 e. The molecule has 1 aliphatic heterocycles. The number of aromatic nitrogens is 2. The van der Waals surface area contributed by atoms with Gasteiger partial charge in [0.25, 0.3) is 0 Å². The Morgan fingerprint density at radius 3 is 3.15 bits per heavy atom. The number of nitrogens with two attached hydrogens (primary N) is 1. The summed E-state index contributed by atoms with van der Waals surface area (Å²) < 4.78 is 10.5. The molecule has 5 nitrogen and oxygen atoms in total. The van der Waals surface area contributed by atoms with E-state index < -0.39 is 0 Å². The van der Waals surface area contributed by atoms with Crippen LogP contribution in [0.4, 0.5) is 5.69 Å². The monoisotopic (exact) mass is 177 g/mol. The third-order valence-corrected chi connectivity index (χ3v) is 2.08. The van der Waals surface area contributed by atoms with E-state index in [1.807, 2.05) is 6.07 Å². The number of nitrogens with zero attached hydrogens (tertiary/aromatic N) is 1. The number of H-pyrrole nitrogens is 1. The minimum atomic E-state index is 0.220. The molecule has 0 spiro atoms. The van der Waals surface area contributed by atoms with Crippen LogP contribution in [0.25, 0.3) is 10.9 Å². The van der Waals surface area contributed by atoms with Gasteiger partial charge in [-0.25, -0.2) is 0 Å². The minimum absolute atomic E-state index is 0.220. The van der Waals surface area contributed by atoms with Crippen molar-refractivity contribution in [3.8, 4) is 11.5 Å². The lowest BCUT2D eigenvalue weighted by atomic mass is 10.2. The number of hydrogen-bond acceptors (Lipinski definition) is 4. The van der Waals surface area contributed by atoms with Crippen molar-refractivity contribution in [2.45, 2.75) is 0 Å². The van der Waals surface area contributed by atoms with E-state index in [1.54, 1.807) is 6.20 Å². The van der Waals surface area contributed by atoms with Crippen molar-refractivity contribution in [2.75, 3.05) is 12.5 Å². The van der Waals surface area contributed by atoms with Crippen LogP contribution in [0, 0.1) is 0 Å². The normalized spacial score (nSPS) is 13.8. The quantitative estimate of drug-likeness (QED) is 0.585. The molecule has 0 fully saturated rings. The fraction of sp³-hybridized carbons (Fsp3) is 0.125. The van der Waals surface area contributed by atoms with Crippen LogP contribution in [0.5, 0.6) is 11.5 Å². The first kappa shape index (κ1) is 6.59. The highest BCUT2D eigenvalue weighted by Crippen LogP contribution is 2.42. The van der Waals surface area contributed by atoms with Crippen LogP contribution in [0.3, 0.4) is 0 Å². The zero-order valence-corrected chi connectivity index (χ0v) is 6.70. The molecule has 0 saturated heterocycles. The lowest BCUT2D eigenvalue weighted by molar-refractivity contribution is 0.175. The highest BCUT2D eigenvalue weighted by Gasteiger charge is 2.21. The van der Waals surface area contributed by atoms with Crippen LogP contribution in [0.2, 0.25) is 0 Å². The van der Waals surface area contributed by atoms with Crippen LogP contribution in [-0.2, 0) is 0 Å². The Hall–Kier alpha value is -1.91. The molecule has 0 atom stereocenters. The number of nitrogen functional groups attached to an aromatic ring is 1. The molecule has 1 aromatic heterocycles. The molecule has 13 heavy (non-hydrogen) atoms. The number of ether oxygens (including phenoxy) is 2. The van der Waals surface area contributed by atoms with Gasteiger partial charge in [0.1, 0.15) is 5.52 Å². The lowest BCUT2D eigenvalue weighted by Crippen LogP contribution is -1.94. The second-order valence-corrected chi connectivity index (χ2v) is 2.86. The second kappa shape index (κ2) is 2.07. The Morgan fingerprint density at radius 2 is 2.23 bits per heavy atom. The second-order valence-electron chi connectivity index (χ2n) is 2.86. The van der Waals surface area contributed by atoms with E-state index in [1.165, 1.54) is 0 Å². The largest absolute Gasteiger partial charge is 0.451 e. The molecule has 3 rings (SSSR count). The van der Waals surface area contributed by atoms with Crippen molar-refractivity contribution >= 4 is 16.6 Å². The fourth-order valence-electron chi connectivity index (χ4n) is 1.50. The van der Waals surface area contributed by atoms with Crippen molar-refractivity contribution in [1.82, 2.24) is 10.2 Å². The lowest BCUT2D eigenvalue weighted by Gasteiger charge is -2.00. The zero-order chi connectivity index (χ0) is 8.84. The topological polar surface area (TPSA) is 73.2 Å². The predicted octanol–water partition coefficient (Wildman–Crippen LogP) is 0.874. The van der Waals surface area contributed by atoms with Crippen molar-refractivity contribution in [3.63, 3.8) is 0 Å². The van der Waals surface area contributed by atoms with E-state index in [0.717, 1.165) is 10.9 Å². The molecular weight excluding hydrogens is 170 g/mol. The summed E-state index contributed by atoms with van der Waals surface area (Å²) in [7, 11) is 0. The molecule has 0 radical (unpaired) electrons. The summed E-state index contributed by atoms with van der Waals surface area (Å²) in [5.41, 5.74) is 7.17. The van der Waals surface area contributed by atoms with Crippen molar-refractivity contribution < 1.29 is 9.47 Å². The van der Waals surface area contributed by atoms with Crippen molar-refractivity contribution in [1.29, 1.82) is 0 Å². The van der Waals surface area contributed by atoms with Gasteiger partial charge in [0.15, 0.2) is 11.5 Å². The highest BCUT2D eigenvalue weighted by molar-refractivity contribution is 5.92. The third kappa shape index (κ3) is 0.729. The molecule has 0 bridgehead atoms. The van der Waals surface area contributed by atoms with E-state index >= 15 is 0 Å². The van der Waals surface area contributed by atoms with E-state index in [9.17, 15) is 0 Å². The summed E-state index contributed by atoms with van der Waals surface area (Å²) in [6.45, 7) is 0.220. The summed E-state index contributed by atoms with van der Waals surface area (Å²) in [5, 5.41) is 7.67. The Morgan fingerprint density at radius 1 is 1.38 bits per heavy atom. The number of anilines is 1. The SMILES string of the molecule is Nc1cc2cn[nH]c2c2c1OCO2. The molecule has 2 aromatic rings. The van der Waals surface area contributed by atoms with Gasteiger partial charge in [-0.15, -0.1) is 0 Å². The van der Waals surface area contributed by atoms with E-state index in [4.69, 9.17) is 15.2 Å². The van der Waals surface area contributed by atoms with Gasteiger partial charge in [-0.1, -0.05) is 0 Å². The van der Waals surface area contributed by atoms with Gasteiger partial charge in [0.05, 0.1) is 11.9 Å². The van der Waals surface area contributed by atoms with Gasteiger partial charge in [0.2, 0.25) is 6.79 Å². The molecule has 0 unspecified atom stereocenters. The van der Waals surface area contributed by atoms with Gasteiger partial charge in [-0.3, -0.25) is 5.10 Å². The molecule has 0 aliphatic carbocycles. The minimum Gasteiger partial charge on any atom is -0.451 e. The molecule has 0 saturated carbocycles. The summed E-state index contributed by atoms with van der Waals surface area (Å²) in [6, 6.07) is 1.81. The standard InChI is InChI=1S/C8H7N3O2/c9-5-1-4-2-10-11-6(4)8-7(5)12-3-13-8/h1-2H,3,9H2,(H,10,11). The van der Waals surface area contributed by atoms with Crippen LogP contribution in [0.15, 0.2) is 12.3 Å². The molecular formula is C8H7N3O2. The Bertz CT molecular complexity index is 477. The Labute approximate surface area is 73.4 Å². The summed E-state index contributed by atoms with van der Waals surface area (Å²) >= 11 is 0. The summed E-state index contributed by atoms with van der Waals surface area (Å²) in [4.78, 5) is 0. The molecule has 3 N–H and O–H groups in total. The molecule has 5 heteroatoms. The number of fused-ring (bicyclic) bond motifs is 3. The number of benzene rings is 1. The molecule has 66 valence electrons. The summed E-state index contributed by atoms with van der Waals surface area (Å²) in [6.07, 6.45) is 1.70. The Balaban J connectivity index is 2.48. The first-order chi connectivity index (χ1) is 6.36. The number of rotatable bonds is 0. The molecule has 2 heterocycles. The van der Waals surface area contributed by atoms with Crippen LogP contribution < -0.4 is 15.2 Å². The predicted molar refractivity (Wildman–Crippen MR) is 46.6 cm³/mol. The van der Waals surface area contributed by atoms with Crippen LogP contribution in [-0.4, -0.2) is 17.0 Å². The summed E-state index contributed by atoms with van der Waals surface area (Å²) in [5.74, 6) is 1.27. The molecule has 1 aromatic carbocycles. The van der Waals surface area contributed by atoms with Gasteiger partial charge in [-0.05, 0) is 6.07 Å². The van der Waals surface area contributed by atoms with Crippen molar-refractivity contribution in [3.05, 3.63) is 12.3 Å². The van der Waals surface area contributed by atoms with E-state index in [0.29, 0.717) is 17.2 Å². The highest BCUT2D eigenvalue weighted by atomic mass is 16.7. The fourth-order valence-corrected chi connectivity index (χ4v) is 1.50. The van der Waals surface area contributed by atoms with Crippen LogP contribution >= 0.6 is 0 Å². The van der Waals surface area contributed by atoms with Gasteiger partial charge < -0.3 is 15.2 Å². The van der Waals surface area contributed by atoms with Gasteiger partial charge in [-0.2, -0.15) is 5.10 Å². The number of hydrogen-bond donors (Lipinski definition) is 2. The van der Waals surface area contributed by atoms with Gasteiger partial charge in [0, 0.05) is 5.39 Å². The molecule has 0 amide bonds. The maximum absolute atomic E-state index is 5.75. The third-order valence-electron chi connectivity index (χ3n) is 2.08.